The van der Waals surface area contributed by atoms with Crippen molar-refractivity contribution in [2.24, 2.45) is 0 Å². The minimum Gasteiger partial charge on any atom is -0.472 e. The van der Waals surface area contributed by atoms with E-state index in [1.807, 2.05) is 37.3 Å². The molecule has 0 aliphatic heterocycles. The van der Waals surface area contributed by atoms with E-state index in [2.05, 4.69) is 38.7 Å². The Hall–Kier alpha value is -3.32. The highest BCUT2D eigenvalue weighted by atomic mass is 32.1. The Balaban J connectivity index is 1.79. The third-order valence-electron chi connectivity index (χ3n) is 4.17. The summed E-state index contributed by atoms with van der Waals surface area (Å²) >= 11 is 1.17. The molecule has 4 aromatic rings. The molecule has 1 amide bonds. The molecule has 6 nitrogen and oxygen atoms in total. The number of nitrogens with zero attached hydrogens (tertiary/aromatic N) is 3. The average molecular weight is 376 g/mol. The molecule has 7 heteroatoms. The van der Waals surface area contributed by atoms with E-state index >= 15 is 0 Å². The smallest absolute Gasteiger partial charge is 0.295 e. The van der Waals surface area contributed by atoms with Crippen LogP contribution >= 0.6 is 11.3 Å². The van der Waals surface area contributed by atoms with Gasteiger partial charge in [0.05, 0.1) is 12.7 Å². The summed E-state index contributed by atoms with van der Waals surface area (Å²) in [6.45, 7) is 1.91. The lowest BCUT2D eigenvalue weighted by atomic mass is 9.95. The summed E-state index contributed by atoms with van der Waals surface area (Å²) in [4.78, 5) is 17.2. The van der Waals surface area contributed by atoms with Gasteiger partial charge in [-0.1, -0.05) is 47.6 Å². The maximum atomic E-state index is 12.9. The van der Waals surface area contributed by atoms with Crippen LogP contribution in [0.25, 0.3) is 21.9 Å². The SMILES string of the molecule is COc1nnc(NC(=O)c2cnc(C)cc2-c2cccc3ccccc23)s1. The van der Waals surface area contributed by atoms with Crippen LogP contribution in [0, 0.1) is 6.92 Å². The molecular formula is C20H16N4O2S. The molecule has 2 heterocycles. The Morgan fingerprint density at radius 3 is 2.70 bits per heavy atom. The molecule has 4 rings (SSSR count). The molecule has 0 bridgehead atoms. The molecule has 0 aliphatic carbocycles. The van der Waals surface area contributed by atoms with Gasteiger partial charge in [0.15, 0.2) is 0 Å². The normalized spacial score (nSPS) is 10.7. The van der Waals surface area contributed by atoms with Gasteiger partial charge < -0.3 is 4.74 Å². The molecule has 2 aromatic carbocycles. The number of amides is 1. The molecular weight excluding hydrogens is 360 g/mol. The molecule has 0 unspecified atom stereocenters. The van der Waals surface area contributed by atoms with E-state index in [0.717, 1.165) is 27.6 Å². The largest absolute Gasteiger partial charge is 0.472 e. The summed E-state index contributed by atoms with van der Waals surface area (Å²) in [5.74, 6) is -0.288. The first-order valence-corrected chi connectivity index (χ1v) is 9.11. The van der Waals surface area contributed by atoms with E-state index in [9.17, 15) is 4.79 Å². The van der Waals surface area contributed by atoms with Crippen LogP contribution in [-0.4, -0.2) is 28.2 Å². The first kappa shape index (κ1) is 17.1. The molecule has 2 aromatic heterocycles. The lowest BCUT2D eigenvalue weighted by Crippen LogP contribution is -2.14. The summed E-state index contributed by atoms with van der Waals surface area (Å²) < 4.78 is 5.02. The highest BCUT2D eigenvalue weighted by molar-refractivity contribution is 7.17. The Morgan fingerprint density at radius 1 is 1.07 bits per heavy atom. The van der Waals surface area contributed by atoms with Gasteiger partial charge in [-0.2, -0.15) is 0 Å². The summed E-state index contributed by atoms with van der Waals surface area (Å²) in [5, 5.41) is 13.5. The highest BCUT2D eigenvalue weighted by Gasteiger charge is 2.17. The van der Waals surface area contributed by atoms with Gasteiger partial charge in [-0.25, -0.2) is 0 Å². The first-order valence-electron chi connectivity index (χ1n) is 8.29. The molecule has 0 radical (unpaired) electrons. The van der Waals surface area contributed by atoms with Crippen molar-refractivity contribution in [2.75, 3.05) is 12.4 Å². The molecule has 0 atom stereocenters. The number of methoxy groups -OCH3 is 1. The molecule has 27 heavy (non-hydrogen) atoms. The summed E-state index contributed by atoms with van der Waals surface area (Å²) in [6, 6.07) is 16.1. The van der Waals surface area contributed by atoms with Gasteiger partial charge in [0.2, 0.25) is 5.13 Å². The number of ether oxygens (including phenoxy) is 1. The zero-order valence-corrected chi connectivity index (χ0v) is 15.6. The Bertz CT molecular complexity index is 1130. The third kappa shape index (κ3) is 3.37. The van der Waals surface area contributed by atoms with Crippen molar-refractivity contribution in [3.8, 4) is 16.3 Å². The van der Waals surface area contributed by atoms with Crippen LogP contribution < -0.4 is 10.1 Å². The summed E-state index contributed by atoms with van der Waals surface area (Å²) in [5.41, 5.74) is 3.13. The second kappa shape index (κ2) is 7.13. The number of benzene rings is 2. The molecule has 0 saturated heterocycles. The van der Waals surface area contributed by atoms with Crippen LogP contribution in [0.15, 0.2) is 54.7 Å². The monoisotopic (exact) mass is 376 g/mol. The zero-order valence-electron chi connectivity index (χ0n) is 14.8. The number of carbonyl (C=O) groups is 1. The van der Waals surface area contributed by atoms with Crippen LogP contribution in [-0.2, 0) is 0 Å². The lowest BCUT2D eigenvalue weighted by molar-refractivity contribution is 0.102. The maximum Gasteiger partial charge on any atom is 0.295 e. The van der Waals surface area contributed by atoms with Crippen molar-refractivity contribution in [3.63, 3.8) is 0 Å². The maximum absolute atomic E-state index is 12.9. The van der Waals surface area contributed by atoms with E-state index in [0.29, 0.717) is 15.9 Å². The van der Waals surface area contributed by atoms with Crippen molar-refractivity contribution < 1.29 is 9.53 Å². The van der Waals surface area contributed by atoms with Crippen LogP contribution in [0.5, 0.6) is 5.19 Å². The number of pyridine rings is 1. The highest BCUT2D eigenvalue weighted by Crippen LogP contribution is 2.32. The standard InChI is InChI=1S/C20H16N4O2S/c1-12-10-16(15-9-5-7-13-6-3-4-8-14(13)15)17(11-21-12)18(25)22-19-23-24-20(26-2)27-19/h3-11H,1-2H3,(H,22,23,25). The van der Waals surface area contributed by atoms with E-state index < -0.39 is 0 Å². The van der Waals surface area contributed by atoms with Crippen LogP contribution in [0.1, 0.15) is 16.1 Å². The number of nitrogens with one attached hydrogen (secondary N) is 1. The Labute approximate surface area is 159 Å². The fourth-order valence-electron chi connectivity index (χ4n) is 2.93. The van der Waals surface area contributed by atoms with E-state index in [4.69, 9.17) is 4.74 Å². The zero-order chi connectivity index (χ0) is 18.8. The van der Waals surface area contributed by atoms with Gasteiger partial charge in [0, 0.05) is 11.9 Å². The second-order valence-electron chi connectivity index (χ2n) is 5.93. The number of carbonyl (C=O) groups excluding carboxylic acids is 1. The van der Waals surface area contributed by atoms with Gasteiger partial charge in [-0.3, -0.25) is 15.1 Å². The number of rotatable bonds is 4. The van der Waals surface area contributed by atoms with Gasteiger partial charge in [0.1, 0.15) is 0 Å². The fraction of sp³-hybridized carbons (Fsp3) is 0.100. The molecule has 0 saturated carbocycles. The summed E-state index contributed by atoms with van der Waals surface area (Å²) in [7, 11) is 1.51. The van der Waals surface area contributed by atoms with E-state index in [-0.39, 0.29) is 5.91 Å². The van der Waals surface area contributed by atoms with Crippen LogP contribution in [0.3, 0.4) is 0 Å². The Kier molecular flexibility index (Phi) is 4.52. The number of hydrogen-bond donors (Lipinski definition) is 1. The van der Waals surface area contributed by atoms with Crippen molar-refractivity contribution in [1.82, 2.24) is 15.2 Å². The number of hydrogen-bond acceptors (Lipinski definition) is 6. The van der Waals surface area contributed by atoms with Crippen molar-refractivity contribution in [1.29, 1.82) is 0 Å². The molecule has 0 fully saturated rings. The molecule has 0 aliphatic rings. The second-order valence-corrected chi connectivity index (χ2v) is 6.87. The topological polar surface area (TPSA) is 77.0 Å². The Morgan fingerprint density at radius 2 is 1.89 bits per heavy atom. The van der Waals surface area contributed by atoms with E-state index in [1.165, 1.54) is 18.4 Å². The summed E-state index contributed by atoms with van der Waals surface area (Å²) in [6.07, 6.45) is 1.60. The number of fused-ring (bicyclic) bond motifs is 1. The molecule has 0 spiro atoms. The average Bonchev–Trinajstić information content (AvgIpc) is 3.15. The number of anilines is 1. The lowest BCUT2D eigenvalue weighted by Gasteiger charge is -2.12. The minimum absolute atomic E-state index is 0.288. The first-order chi connectivity index (χ1) is 13.2. The van der Waals surface area contributed by atoms with E-state index in [1.54, 1.807) is 6.20 Å². The van der Waals surface area contributed by atoms with Gasteiger partial charge in [-0.15, -0.1) is 5.10 Å². The minimum atomic E-state index is -0.288. The van der Waals surface area contributed by atoms with Crippen molar-refractivity contribution >= 4 is 33.1 Å². The number of aryl methyl sites for hydroxylation is 1. The predicted octanol–water partition coefficient (Wildman–Crippen LogP) is 4.32. The quantitative estimate of drug-likeness (QED) is 0.574. The van der Waals surface area contributed by atoms with Crippen molar-refractivity contribution in [3.05, 3.63) is 66.0 Å². The van der Waals surface area contributed by atoms with Gasteiger partial charge >= 0.3 is 0 Å². The third-order valence-corrected chi connectivity index (χ3v) is 4.97. The van der Waals surface area contributed by atoms with Crippen LogP contribution in [0.4, 0.5) is 5.13 Å². The van der Waals surface area contributed by atoms with Crippen LogP contribution in [0.2, 0.25) is 0 Å². The molecule has 1 N–H and O–H groups in total. The van der Waals surface area contributed by atoms with Crippen molar-refractivity contribution in [2.45, 2.75) is 6.92 Å². The fourth-order valence-corrected chi connectivity index (χ4v) is 3.49. The van der Waals surface area contributed by atoms with Gasteiger partial charge in [0.25, 0.3) is 11.1 Å². The van der Waals surface area contributed by atoms with Gasteiger partial charge in [-0.05, 0) is 46.2 Å². The molecule has 134 valence electrons. The number of aromatic nitrogens is 3. The predicted molar refractivity (Wildman–Crippen MR) is 106 cm³/mol.